The molecule has 8 nitrogen and oxygen atoms in total. The van der Waals surface area contributed by atoms with Gasteiger partial charge in [0.1, 0.15) is 18.5 Å². The van der Waals surface area contributed by atoms with E-state index in [1.807, 2.05) is 19.2 Å². The third-order valence-corrected chi connectivity index (χ3v) is 6.04. The average molecular weight is 493 g/mol. The van der Waals surface area contributed by atoms with E-state index in [-0.39, 0.29) is 30.9 Å². The zero-order chi connectivity index (χ0) is 21.3. The van der Waals surface area contributed by atoms with Crippen LogP contribution in [-0.4, -0.2) is 105 Å². The van der Waals surface area contributed by atoms with Crippen molar-refractivity contribution in [3.8, 4) is 5.75 Å². The van der Waals surface area contributed by atoms with Gasteiger partial charge in [-0.25, -0.2) is 4.79 Å². The number of benzene rings is 1. The normalized spacial score (nSPS) is 18.9. The number of piperazine rings is 1. The Bertz CT molecular complexity index is 652. The lowest BCUT2D eigenvalue weighted by atomic mass is 10.1. The molecular weight excluding hydrogens is 455 g/mol. The summed E-state index contributed by atoms with van der Waals surface area (Å²) in [6, 6.07) is 8.66. The Morgan fingerprint density at radius 1 is 1.06 bits per heavy atom. The fraction of sp³-hybridized carbons (Fsp3) is 0.682. The highest BCUT2D eigenvalue weighted by Crippen LogP contribution is 2.16. The van der Waals surface area contributed by atoms with Crippen LogP contribution in [0, 0.1) is 0 Å². The Morgan fingerprint density at radius 2 is 1.69 bits per heavy atom. The molecule has 0 radical (unpaired) electrons. The number of aliphatic hydroxyl groups is 1. The standard InChI is InChI=1S/C22H36N4O4.2ClH/c1-23-19-7-9-24(10-8-19)16-20(27)17-30-21-5-3-18(4-6-21)15-25-11-13-26(14-12-25)22(28)29-2;;/h3-6,19-20,23,27H,7-17H2,1-2H3;2*1H. The molecule has 2 heterocycles. The minimum absolute atomic E-state index is 0. The van der Waals surface area contributed by atoms with Crippen molar-refractivity contribution < 1.29 is 19.4 Å². The van der Waals surface area contributed by atoms with Crippen LogP contribution in [0.25, 0.3) is 0 Å². The van der Waals surface area contributed by atoms with Gasteiger partial charge in [-0.3, -0.25) is 4.90 Å². The molecule has 184 valence electrons. The molecule has 1 aromatic rings. The maximum absolute atomic E-state index is 11.6. The van der Waals surface area contributed by atoms with Crippen molar-refractivity contribution >= 4 is 30.9 Å². The van der Waals surface area contributed by atoms with Gasteiger partial charge in [0.25, 0.3) is 0 Å². The number of piperidine rings is 1. The van der Waals surface area contributed by atoms with E-state index in [0.717, 1.165) is 51.3 Å². The molecule has 0 bridgehead atoms. The molecule has 1 aromatic carbocycles. The summed E-state index contributed by atoms with van der Waals surface area (Å²) in [4.78, 5) is 17.9. The van der Waals surface area contributed by atoms with Crippen LogP contribution in [0.1, 0.15) is 18.4 Å². The van der Waals surface area contributed by atoms with Gasteiger partial charge in [0.2, 0.25) is 0 Å². The largest absolute Gasteiger partial charge is 0.491 e. The molecule has 2 aliphatic heterocycles. The van der Waals surface area contributed by atoms with Gasteiger partial charge >= 0.3 is 6.09 Å². The molecule has 0 saturated carbocycles. The summed E-state index contributed by atoms with van der Waals surface area (Å²) in [6.07, 6.45) is 1.52. The molecule has 32 heavy (non-hydrogen) atoms. The van der Waals surface area contributed by atoms with Crippen molar-refractivity contribution in [2.24, 2.45) is 0 Å². The minimum atomic E-state index is -0.484. The van der Waals surface area contributed by atoms with E-state index in [2.05, 4.69) is 27.2 Å². The smallest absolute Gasteiger partial charge is 0.409 e. The molecule has 3 rings (SSSR count). The lowest BCUT2D eigenvalue weighted by molar-refractivity contribution is 0.0583. The SMILES string of the molecule is CNC1CCN(CC(O)COc2ccc(CN3CCN(C(=O)OC)CC3)cc2)CC1.Cl.Cl. The average Bonchev–Trinajstić information content (AvgIpc) is 2.79. The third-order valence-electron chi connectivity index (χ3n) is 6.04. The van der Waals surface area contributed by atoms with Crippen LogP contribution in [0.3, 0.4) is 0 Å². The predicted molar refractivity (Wildman–Crippen MR) is 130 cm³/mol. The van der Waals surface area contributed by atoms with E-state index in [4.69, 9.17) is 9.47 Å². The van der Waals surface area contributed by atoms with Crippen molar-refractivity contribution in [3.63, 3.8) is 0 Å². The number of rotatable bonds is 8. The van der Waals surface area contributed by atoms with Crippen LogP contribution in [-0.2, 0) is 11.3 Å². The Kier molecular flexibility index (Phi) is 13.3. The number of likely N-dealkylation sites (tertiary alicyclic amines) is 1. The van der Waals surface area contributed by atoms with Gasteiger partial charge in [-0.05, 0) is 50.7 Å². The first-order valence-electron chi connectivity index (χ1n) is 10.9. The van der Waals surface area contributed by atoms with Crippen molar-refractivity contribution in [1.82, 2.24) is 20.0 Å². The van der Waals surface area contributed by atoms with E-state index >= 15 is 0 Å². The molecule has 0 aliphatic carbocycles. The van der Waals surface area contributed by atoms with Crippen molar-refractivity contribution in [2.45, 2.75) is 31.5 Å². The quantitative estimate of drug-likeness (QED) is 0.573. The van der Waals surface area contributed by atoms with E-state index in [9.17, 15) is 9.90 Å². The number of hydrogen-bond acceptors (Lipinski definition) is 7. The third kappa shape index (κ3) is 8.92. The van der Waals surface area contributed by atoms with Crippen molar-refractivity contribution in [3.05, 3.63) is 29.8 Å². The van der Waals surface area contributed by atoms with Crippen molar-refractivity contribution in [1.29, 1.82) is 0 Å². The highest BCUT2D eigenvalue weighted by atomic mass is 35.5. The highest BCUT2D eigenvalue weighted by Gasteiger charge is 2.22. The molecule has 1 atom stereocenters. The molecule has 1 amide bonds. The van der Waals surface area contributed by atoms with Gasteiger partial charge in [0.15, 0.2) is 0 Å². The Balaban J connectivity index is 0.00000256. The van der Waals surface area contributed by atoms with Crippen LogP contribution in [0.15, 0.2) is 24.3 Å². The fourth-order valence-electron chi connectivity index (χ4n) is 4.11. The summed E-state index contributed by atoms with van der Waals surface area (Å²) in [6.45, 7) is 6.91. The van der Waals surface area contributed by atoms with Crippen LogP contribution in [0.4, 0.5) is 4.79 Å². The number of carbonyl (C=O) groups is 1. The molecule has 0 spiro atoms. The second-order valence-corrected chi connectivity index (χ2v) is 8.21. The first kappa shape index (κ1) is 28.7. The summed E-state index contributed by atoms with van der Waals surface area (Å²) in [5, 5.41) is 13.6. The Morgan fingerprint density at radius 3 is 2.25 bits per heavy atom. The molecule has 2 saturated heterocycles. The summed E-state index contributed by atoms with van der Waals surface area (Å²) < 4.78 is 10.6. The number of aliphatic hydroxyl groups excluding tert-OH is 1. The van der Waals surface area contributed by atoms with Crippen LogP contribution >= 0.6 is 24.8 Å². The van der Waals surface area contributed by atoms with E-state index < -0.39 is 6.10 Å². The lowest BCUT2D eigenvalue weighted by Crippen LogP contribution is -2.48. The number of nitrogens with one attached hydrogen (secondary N) is 1. The second kappa shape index (κ2) is 14.8. The zero-order valence-corrected chi connectivity index (χ0v) is 20.7. The summed E-state index contributed by atoms with van der Waals surface area (Å²) in [5.74, 6) is 0.780. The maximum atomic E-state index is 11.6. The predicted octanol–water partition coefficient (Wildman–Crippen LogP) is 1.84. The number of halogens is 2. The highest BCUT2D eigenvalue weighted by molar-refractivity contribution is 5.85. The van der Waals surface area contributed by atoms with Crippen LogP contribution in [0.5, 0.6) is 5.75 Å². The topological polar surface area (TPSA) is 77.5 Å². The van der Waals surface area contributed by atoms with Gasteiger partial charge in [-0.15, -0.1) is 24.8 Å². The number of methoxy groups -OCH3 is 1. The number of β-amino-alcohol motifs (C(OH)–C–C–N with tert-alkyl or cyclic N) is 1. The molecule has 10 heteroatoms. The maximum Gasteiger partial charge on any atom is 0.409 e. The van der Waals surface area contributed by atoms with Gasteiger partial charge in [-0.1, -0.05) is 12.1 Å². The minimum Gasteiger partial charge on any atom is -0.491 e. The number of hydrogen-bond donors (Lipinski definition) is 2. The monoisotopic (exact) mass is 492 g/mol. The summed E-state index contributed by atoms with van der Waals surface area (Å²) in [7, 11) is 3.43. The molecule has 2 aliphatic rings. The van der Waals surface area contributed by atoms with Gasteiger partial charge in [0.05, 0.1) is 7.11 Å². The molecule has 1 unspecified atom stereocenters. The summed E-state index contributed by atoms with van der Waals surface area (Å²) >= 11 is 0. The van der Waals surface area contributed by atoms with Gasteiger partial charge < -0.3 is 29.7 Å². The van der Waals surface area contributed by atoms with E-state index in [0.29, 0.717) is 32.3 Å². The molecular formula is C22H38Cl2N4O4. The molecule has 0 aromatic heterocycles. The molecule has 2 N–H and O–H groups in total. The van der Waals surface area contributed by atoms with Gasteiger partial charge in [0, 0.05) is 45.3 Å². The number of amides is 1. The number of ether oxygens (including phenoxy) is 2. The van der Waals surface area contributed by atoms with Crippen molar-refractivity contribution in [2.75, 3.05) is 66.6 Å². The van der Waals surface area contributed by atoms with Crippen LogP contribution < -0.4 is 10.1 Å². The van der Waals surface area contributed by atoms with Gasteiger partial charge in [-0.2, -0.15) is 0 Å². The van der Waals surface area contributed by atoms with E-state index in [1.165, 1.54) is 12.7 Å². The first-order chi connectivity index (χ1) is 14.6. The fourth-order valence-corrected chi connectivity index (χ4v) is 4.11. The number of carbonyl (C=O) groups excluding carboxylic acids is 1. The van der Waals surface area contributed by atoms with Crippen LogP contribution in [0.2, 0.25) is 0 Å². The second-order valence-electron chi connectivity index (χ2n) is 8.21. The first-order valence-corrected chi connectivity index (χ1v) is 10.9. The lowest BCUT2D eigenvalue weighted by Gasteiger charge is -2.33. The molecule has 2 fully saturated rings. The number of nitrogens with zero attached hydrogens (tertiary/aromatic N) is 3. The Labute approximate surface area is 204 Å². The zero-order valence-electron chi connectivity index (χ0n) is 19.1. The van der Waals surface area contributed by atoms with E-state index in [1.54, 1.807) is 4.90 Å². The summed E-state index contributed by atoms with van der Waals surface area (Å²) in [5.41, 5.74) is 1.21. The Hall–Kier alpha value is -1.29.